The molecule has 0 radical (unpaired) electrons. The summed E-state index contributed by atoms with van der Waals surface area (Å²) in [6.45, 7) is 2.48. The summed E-state index contributed by atoms with van der Waals surface area (Å²) in [6, 6.07) is 3.74. The van der Waals surface area contributed by atoms with E-state index in [4.69, 9.17) is 0 Å². The van der Waals surface area contributed by atoms with Gasteiger partial charge in [-0.2, -0.15) is 0 Å². The van der Waals surface area contributed by atoms with Crippen molar-refractivity contribution in [3.63, 3.8) is 0 Å². The van der Waals surface area contributed by atoms with Gasteiger partial charge in [0.15, 0.2) is 0 Å². The summed E-state index contributed by atoms with van der Waals surface area (Å²) in [5.41, 5.74) is 0. The third-order valence-corrected chi connectivity index (χ3v) is 6.31. The van der Waals surface area contributed by atoms with Crippen LogP contribution in [-0.2, 0) is 9.84 Å². The van der Waals surface area contributed by atoms with Gasteiger partial charge in [0.1, 0.15) is 9.84 Å². The Bertz CT molecular complexity index is 526. The number of rotatable bonds is 4. The van der Waals surface area contributed by atoms with E-state index >= 15 is 0 Å². The third-order valence-electron chi connectivity index (χ3n) is 3.54. The fraction of sp³-hybridized carbons (Fsp3) is 0.615. The average molecular weight is 316 g/mol. The standard InChI is InChI=1S/C13H20N2O3S2/c1-10(12-3-2-6-19-12)15-13(16)14-9-11-4-7-20(17,18)8-5-11/h2-3,6,10-11H,4-5,7-9H2,1H3,(H2,14,15,16)/t10-/m0/s1. The summed E-state index contributed by atoms with van der Waals surface area (Å²) in [6.07, 6.45) is 1.28. The number of thiophene rings is 1. The Hall–Kier alpha value is -1.08. The lowest BCUT2D eigenvalue weighted by atomic mass is 10.0. The van der Waals surface area contributed by atoms with Gasteiger partial charge < -0.3 is 10.6 Å². The van der Waals surface area contributed by atoms with E-state index in [1.807, 2.05) is 24.4 Å². The van der Waals surface area contributed by atoms with Gasteiger partial charge in [0, 0.05) is 11.4 Å². The lowest BCUT2D eigenvalue weighted by Crippen LogP contribution is -2.40. The van der Waals surface area contributed by atoms with Crippen molar-refractivity contribution >= 4 is 27.2 Å². The molecule has 112 valence electrons. The molecule has 1 aromatic heterocycles. The molecule has 2 heterocycles. The van der Waals surface area contributed by atoms with E-state index in [9.17, 15) is 13.2 Å². The zero-order valence-corrected chi connectivity index (χ0v) is 13.1. The normalized spacial score (nSPS) is 20.2. The van der Waals surface area contributed by atoms with Gasteiger partial charge in [0.25, 0.3) is 0 Å². The van der Waals surface area contributed by atoms with Crippen LogP contribution >= 0.6 is 11.3 Å². The highest BCUT2D eigenvalue weighted by molar-refractivity contribution is 7.91. The predicted molar refractivity (Wildman–Crippen MR) is 80.6 cm³/mol. The van der Waals surface area contributed by atoms with Crippen LogP contribution < -0.4 is 10.6 Å². The first kappa shape index (κ1) is 15.3. The molecule has 0 saturated carbocycles. The second-order valence-electron chi connectivity index (χ2n) is 5.19. The van der Waals surface area contributed by atoms with Crippen LogP contribution in [0.2, 0.25) is 0 Å². The van der Waals surface area contributed by atoms with Gasteiger partial charge >= 0.3 is 6.03 Å². The lowest BCUT2D eigenvalue weighted by Gasteiger charge is -2.22. The Morgan fingerprint density at radius 3 is 2.75 bits per heavy atom. The summed E-state index contributed by atoms with van der Waals surface area (Å²) in [5, 5.41) is 7.69. The van der Waals surface area contributed by atoms with E-state index in [0.717, 1.165) is 4.88 Å². The lowest BCUT2D eigenvalue weighted by molar-refractivity contribution is 0.235. The van der Waals surface area contributed by atoms with E-state index in [1.165, 1.54) is 0 Å². The number of nitrogens with one attached hydrogen (secondary N) is 2. The Morgan fingerprint density at radius 1 is 1.45 bits per heavy atom. The van der Waals surface area contributed by atoms with Crippen molar-refractivity contribution in [1.82, 2.24) is 10.6 Å². The molecular weight excluding hydrogens is 296 g/mol. The first-order chi connectivity index (χ1) is 9.46. The number of sulfone groups is 1. The molecule has 1 atom stereocenters. The summed E-state index contributed by atoms with van der Waals surface area (Å²) in [5.74, 6) is 0.750. The second kappa shape index (κ2) is 6.58. The monoisotopic (exact) mass is 316 g/mol. The van der Waals surface area contributed by atoms with Crippen molar-refractivity contribution in [2.45, 2.75) is 25.8 Å². The van der Waals surface area contributed by atoms with Crippen molar-refractivity contribution in [1.29, 1.82) is 0 Å². The predicted octanol–water partition coefficient (Wildman–Crippen LogP) is 1.93. The summed E-state index contributed by atoms with van der Waals surface area (Å²) in [4.78, 5) is 12.9. The molecule has 0 spiro atoms. The second-order valence-corrected chi connectivity index (χ2v) is 8.47. The zero-order valence-electron chi connectivity index (χ0n) is 11.5. The van der Waals surface area contributed by atoms with Gasteiger partial charge in [-0.1, -0.05) is 6.07 Å². The summed E-state index contributed by atoms with van der Waals surface area (Å²) < 4.78 is 22.6. The molecule has 1 fully saturated rings. The van der Waals surface area contributed by atoms with Gasteiger partial charge in [-0.25, -0.2) is 13.2 Å². The highest BCUT2D eigenvalue weighted by Gasteiger charge is 2.23. The molecule has 20 heavy (non-hydrogen) atoms. The third kappa shape index (κ3) is 4.49. The molecule has 0 bridgehead atoms. The van der Waals surface area contributed by atoms with E-state index in [2.05, 4.69) is 10.6 Å². The van der Waals surface area contributed by atoms with Crippen molar-refractivity contribution < 1.29 is 13.2 Å². The Balaban J connectivity index is 1.70. The number of amides is 2. The van der Waals surface area contributed by atoms with Crippen LogP contribution in [0.15, 0.2) is 17.5 Å². The van der Waals surface area contributed by atoms with Crippen LogP contribution in [0.25, 0.3) is 0 Å². The molecule has 1 aromatic rings. The van der Waals surface area contributed by atoms with Gasteiger partial charge in [-0.3, -0.25) is 0 Å². The molecule has 0 unspecified atom stereocenters. The molecule has 2 rings (SSSR count). The van der Waals surface area contributed by atoms with Gasteiger partial charge in [0.2, 0.25) is 0 Å². The molecule has 2 amide bonds. The number of hydrogen-bond acceptors (Lipinski definition) is 4. The maximum absolute atomic E-state index is 11.8. The zero-order chi connectivity index (χ0) is 14.6. The number of hydrogen-bond donors (Lipinski definition) is 2. The number of carbonyl (C=O) groups excluding carboxylic acids is 1. The minimum atomic E-state index is -2.83. The molecule has 7 heteroatoms. The highest BCUT2D eigenvalue weighted by atomic mass is 32.2. The van der Waals surface area contributed by atoms with Gasteiger partial charge in [-0.05, 0) is 37.1 Å². The van der Waals surface area contributed by atoms with Crippen LogP contribution in [0.3, 0.4) is 0 Å². The van der Waals surface area contributed by atoms with Crippen molar-refractivity contribution in [2.75, 3.05) is 18.1 Å². The fourth-order valence-corrected chi connectivity index (χ4v) is 4.56. The highest BCUT2D eigenvalue weighted by Crippen LogP contribution is 2.19. The van der Waals surface area contributed by atoms with E-state index < -0.39 is 9.84 Å². The van der Waals surface area contributed by atoms with Crippen molar-refractivity contribution in [2.24, 2.45) is 5.92 Å². The largest absolute Gasteiger partial charge is 0.338 e. The molecule has 1 aliphatic heterocycles. The van der Waals surface area contributed by atoms with Crippen molar-refractivity contribution in [3.8, 4) is 0 Å². The minimum absolute atomic E-state index is 0.0123. The van der Waals surface area contributed by atoms with E-state index in [-0.39, 0.29) is 29.5 Å². The van der Waals surface area contributed by atoms with Crippen LogP contribution in [-0.4, -0.2) is 32.5 Å². The maximum Gasteiger partial charge on any atom is 0.315 e. The molecule has 0 aliphatic carbocycles. The quantitative estimate of drug-likeness (QED) is 0.891. The number of carbonyl (C=O) groups is 1. The SMILES string of the molecule is C[C@H](NC(=O)NCC1CCS(=O)(=O)CC1)c1cccs1. The summed E-state index contributed by atoms with van der Waals surface area (Å²) >= 11 is 1.61. The molecule has 1 saturated heterocycles. The fourth-order valence-electron chi connectivity index (χ4n) is 2.24. The van der Waals surface area contributed by atoms with Crippen LogP contribution in [0.4, 0.5) is 4.79 Å². The summed E-state index contributed by atoms with van der Waals surface area (Å²) in [7, 11) is -2.83. The number of urea groups is 1. The topological polar surface area (TPSA) is 75.3 Å². The first-order valence-corrected chi connectivity index (χ1v) is 9.44. The van der Waals surface area contributed by atoms with Gasteiger partial charge in [-0.15, -0.1) is 11.3 Å². The Labute approximate surface area is 123 Å². The van der Waals surface area contributed by atoms with E-state index in [0.29, 0.717) is 19.4 Å². The van der Waals surface area contributed by atoms with Crippen LogP contribution in [0, 0.1) is 5.92 Å². The molecule has 5 nitrogen and oxygen atoms in total. The minimum Gasteiger partial charge on any atom is -0.338 e. The molecular formula is C13H20N2O3S2. The molecule has 2 N–H and O–H groups in total. The first-order valence-electron chi connectivity index (χ1n) is 6.74. The average Bonchev–Trinajstić information content (AvgIpc) is 2.91. The smallest absolute Gasteiger partial charge is 0.315 e. The molecule has 1 aliphatic rings. The van der Waals surface area contributed by atoms with Crippen molar-refractivity contribution in [3.05, 3.63) is 22.4 Å². The molecule has 0 aromatic carbocycles. The van der Waals surface area contributed by atoms with Crippen LogP contribution in [0.1, 0.15) is 30.7 Å². The Kier molecular flexibility index (Phi) is 5.04. The Morgan fingerprint density at radius 2 is 2.15 bits per heavy atom. The van der Waals surface area contributed by atoms with Gasteiger partial charge in [0.05, 0.1) is 17.5 Å². The van der Waals surface area contributed by atoms with Crippen LogP contribution in [0.5, 0.6) is 0 Å². The maximum atomic E-state index is 11.8. The van der Waals surface area contributed by atoms with E-state index in [1.54, 1.807) is 11.3 Å².